The van der Waals surface area contributed by atoms with Crippen molar-refractivity contribution < 1.29 is 13.3 Å². The van der Waals surface area contributed by atoms with Crippen LogP contribution < -0.4 is 0 Å². The Kier molecular flexibility index (Phi) is 6.86. The van der Waals surface area contributed by atoms with Crippen molar-refractivity contribution in [2.24, 2.45) is 5.92 Å². The highest BCUT2D eigenvalue weighted by atomic mass is 28.5. The van der Waals surface area contributed by atoms with E-state index in [0.29, 0.717) is 11.7 Å². The monoisotopic (exact) mass is 370 g/mol. The largest absolute Gasteiger partial charge is 0.508 e. The van der Waals surface area contributed by atoms with Crippen LogP contribution in [0.1, 0.15) is 12.5 Å². The molecule has 0 amide bonds. The Morgan fingerprint density at radius 1 is 0.870 bits per heavy atom. The summed E-state index contributed by atoms with van der Waals surface area (Å²) in [6, 6.07) is 8.54. The molecule has 0 saturated carbocycles. The molecule has 0 heterocycles. The quantitative estimate of drug-likeness (QED) is 0.627. The summed E-state index contributed by atoms with van der Waals surface area (Å²) in [4.78, 5) is 0. The molecule has 1 unspecified atom stereocenters. The lowest BCUT2D eigenvalue weighted by atomic mass is 10.0. The van der Waals surface area contributed by atoms with Crippen molar-refractivity contribution in [2.45, 2.75) is 65.2 Å². The first-order valence-electron chi connectivity index (χ1n) is 8.46. The maximum atomic E-state index is 9.41. The van der Waals surface area contributed by atoms with E-state index in [2.05, 4.69) is 52.8 Å². The van der Waals surface area contributed by atoms with E-state index in [9.17, 15) is 5.11 Å². The molecular formula is C17H34O3Si3. The van der Waals surface area contributed by atoms with Gasteiger partial charge in [-0.2, -0.15) is 0 Å². The molecule has 0 radical (unpaired) electrons. The van der Waals surface area contributed by atoms with E-state index in [1.807, 2.05) is 12.1 Å². The highest BCUT2D eigenvalue weighted by Gasteiger charge is 2.41. The van der Waals surface area contributed by atoms with E-state index in [0.717, 1.165) is 12.5 Å². The summed E-state index contributed by atoms with van der Waals surface area (Å²) in [5, 5.41) is 9.41. The second kappa shape index (κ2) is 7.65. The molecule has 0 bridgehead atoms. The molecule has 132 valence electrons. The molecule has 1 atom stereocenters. The topological polar surface area (TPSA) is 38.7 Å². The van der Waals surface area contributed by atoms with Crippen LogP contribution in [0.4, 0.5) is 0 Å². The van der Waals surface area contributed by atoms with Crippen LogP contribution in [0, 0.1) is 5.92 Å². The molecule has 1 aromatic carbocycles. The molecule has 0 aromatic heterocycles. The van der Waals surface area contributed by atoms with Crippen molar-refractivity contribution in [2.75, 3.05) is 0 Å². The van der Waals surface area contributed by atoms with Gasteiger partial charge >= 0.3 is 8.56 Å². The Bertz CT molecular complexity index is 473. The number of hydrogen-bond donors (Lipinski definition) is 1. The van der Waals surface area contributed by atoms with Crippen molar-refractivity contribution in [3.63, 3.8) is 0 Å². The fraction of sp³-hybridized carbons (Fsp3) is 0.647. The molecule has 1 aromatic rings. The third-order valence-corrected chi connectivity index (χ3v) is 13.1. The van der Waals surface area contributed by atoms with Gasteiger partial charge in [0.2, 0.25) is 0 Å². The Labute approximate surface area is 145 Å². The number of hydrogen-bond acceptors (Lipinski definition) is 3. The lowest BCUT2D eigenvalue weighted by molar-refractivity contribution is 0.369. The minimum atomic E-state index is -2.17. The van der Waals surface area contributed by atoms with E-state index in [1.54, 1.807) is 12.1 Å². The van der Waals surface area contributed by atoms with Gasteiger partial charge in [-0.3, -0.25) is 0 Å². The van der Waals surface area contributed by atoms with Crippen LogP contribution >= 0.6 is 0 Å². The molecule has 23 heavy (non-hydrogen) atoms. The van der Waals surface area contributed by atoms with Crippen LogP contribution in [-0.4, -0.2) is 30.3 Å². The molecule has 6 heteroatoms. The zero-order valence-electron chi connectivity index (χ0n) is 16.1. The zero-order valence-corrected chi connectivity index (χ0v) is 19.1. The summed E-state index contributed by atoms with van der Waals surface area (Å²) in [5.74, 6) is 0.827. The maximum absolute atomic E-state index is 9.41. The highest BCUT2D eigenvalue weighted by Crippen LogP contribution is 2.29. The number of aromatic hydroxyl groups is 1. The third-order valence-electron chi connectivity index (χ3n) is 3.28. The third kappa shape index (κ3) is 8.85. The lowest BCUT2D eigenvalue weighted by Crippen LogP contribution is -2.53. The normalized spacial score (nSPS) is 14.8. The highest BCUT2D eigenvalue weighted by molar-refractivity contribution is 6.87. The summed E-state index contributed by atoms with van der Waals surface area (Å²) in [5.41, 5.74) is 1.26. The molecule has 0 saturated heterocycles. The first-order chi connectivity index (χ1) is 10.3. The Balaban J connectivity index is 2.80. The van der Waals surface area contributed by atoms with Gasteiger partial charge in [0.1, 0.15) is 5.75 Å². The van der Waals surface area contributed by atoms with Gasteiger partial charge in [-0.15, -0.1) is 0 Å². The van der Waals surface area contributed by atoms with E-state index in [4.69, 9.17) is 8.23 Å². The number of phenolic OH excluding ortho intramolecular Hbond substituents is 1. The molecule has 0 aliphatic carbocycles. The van der Waals surface area contributed by atoms with Crippen molar-refractivity contribution in [3.05, 3.63) is 29.8 Å². The molecule has 1 rings (SSSR count). The zero-order chi connectivity index (χ0) is 17.9. The summed E-state index contributed by atoms with van der Waals surface area (Å²) >= 11 is 0. The van der Waals surface area contributed by atoms with Gasteiger partial charge in [-0.1, -0.05) is 19.1 Å². The van der Waals surface area contributed by atoms with Crippen LogP contribution in [0.2, 0.25) is 51.9 Å². The Hall–Kier alpha value is -0.409. The van der Waals surface area contributed by atoms with E-state index < -0.39 is 25.2 Å². The van der Waals surface area contributed by atoms with Crippen molar-refractivity contribution >= 4 is 25.2 Å². The Morgan fingerprint density at radius 3 is 1.70 bits per heavy atom. The molecule has 0 aliphatic heterocycles. The minimum Gasteiger partial charge on any atom is -0.508 e. The van der Waals surface area contributed by atoms with Gasteiger partial charge in [-0.25, -0.2) is 0 Å². The fourth-order valence-electron chi connectivity index (χ4n) is 3.14. The lowest BCUT2D eigenvalue weighted by Gasteiger charge is -2.39. The summed E-state index contributed by atoms with van der Waals surface area (Å²) in [7, 11) is -5.44. The Morgan fingerprint density at radius 2 is 1.30 bits per heavy atom. The van der Waals surface area contributed by atoms with Gasteiger partial charge in [0.15, 0.2) is 16.6 Å². The van der Waals surface area contributed by atoms with Crippen LogP contribution in [-0.2, 0) is 14.7 Å². The molecular weight excluding hydrogens is 336 g/mol. The van der Waals surface area contributed by atoms with Crippen LogP contribution in [0.15, 0.2) is 24.3 Å². The van der Waals surface area contributed by atoms with Gasteiger partial charge in [0.05, 0.1) is 0 Å². The van der Waals surface area contributed by atoms with Crippen LogP contribution in [0.25, 0.3) is 0 Å². The van der Waals surface area contributed by atoms with E-state index in [-0.39, 0.29) is 0 Å². The molecule has 0 fully saturated rings. The summed E-state index contributed by atoms with van der Waals surface area (Å²) in [6.45, 7) is 18.0. The smallest absolute Gasteiger partial charge is 0.314 e. The van der Waals surface area contributed by atoms with Crippen molar-refractivity contribution in [1.82, 2.24) is 0 Å². The molecule has 1 N–H and O–H groups in total. The first-order valence-corrected chi connectivity index (χ1v) is 17.8. The molecule has 0 aliphatic rings. The standard InChI is InChI=1S/C17H34O3Si3/c1-15(13-16-9-11-17(18)12-10-16)14-23(8,19-21(2,3)4)20-22(5,6)7/h9-12,15,18H,13-14H2,1-8H3. The van der Waals surface area contributed by atoms with E-state index in [1.165, 1.54) is 5.56 Å². The maximum Gasteiger partial charge on any atom is 0.314 e. The average molecular weight is 371 g/mol. The average Bonchev–Trinajstić information content (AvgIpc) is 2.25. The van der Waals surface area contributed by atoms with Crippen molar-refractivity contribution in [1.29, 1.82) is 0 Å². The molecule has 0 spiro atoms. The van der Waals surface area contributed by atoms with Gasteiger partial charge in [-0.05, 0) is 81.9 Å². The number of benzene rings is 1. The molecule has 3 nitrogen and oxygen atoms in total. The fourth-order valence-corrected chi connectivity index (χ4v) is 16.1. The van der Waals surface area contributed by atoms with Gasteiger partial charge in [0.25, 0.3) is 0 Å². The van der Waals surface area contributed by atoms with Gasteiger partial charge in [0, 0.05) is 0 Å². The van der Waals surface area contributed by atoms with Crippen LogP contribution in [0.5, 0.6) is 5.75 Å². The van der Waals surface area contributed by atoms with Gasteiger partial charge < -0.3 is 13.3 Å². The van der Waals surface area contributed by atoms with Crippen LogP contribution in [0.3, 0.4) is 0 Å². The predicted octanol–water partition coefficient (Wildman–Crippen LogP) is 5.35. The number of rotatable bonds is 8. The van der Waals surface area contributed by atoms with E-state index >= 15 is 0 Å². The summed E-state index contributed by atoms with van der Waals surface area (Å²) < 4.78 is 13.2. The first kappa shape index (κ1) is 20.6. The summed E-state index contributed by atoms with van der Waals surface area (Å²) in [6.07, 6.45) is 0.993. The number of phenols is 1. The van der Waals surface area contributed by atoms with Crippen molar-refractivity contribution in [3.8, 4) is 5.75 Å². The SMILES string of the molecule is CC(Cc1ccc(O)cc1)C[Si](C)(O[Si](C)(C)C)O[Si](C)(C)C. The predicted molar refractivity (Wildman–Crippen MR) is 106 cm³/mol. The second-order valence-corrected chi connectivity index (χ2v) is 21.5. The second-order valence-electron chi connectivity index (χ2n) is 8.74. The minimum absolute atomic E-state index is 0.324.